The minimum atomic E-state index is -0.160. The highest BCUT2D eigenvalue weighted by Crippen LogP contribution is 2.28. The van der Waals surface area contributed by atoms with E-state index in [4.69, 9.17) is 0 Å². The molecule has 1 aromatic carbocycles. The van der Waals surface area contributed by atoms with Crippen LogP contribution in [0, 0.1) is 5.82 Å². The Morgan fingerprint density at radius 3 is 2.93 bits per heavy atom. The van der Waals surface area contributed by atoms with Crippen LogP contribution in [0.5, 0.6) is 0 Å². The van der Waals surface area contributed by atoms with Crippen molar-refractivity contribution in [3.8, 4) is 0 Å². The molecule has 0 bridgehead atoms. The summed E-state index contributed by atoms with van der Waals surface area (Å²) < 4.78 is 13.2. The van der Waals surface area contributed by atoms with Gasteiger partial charge in [-0.1, -0.05) is 12.1 Å². The summed E-state index contributed by atoms with van der Waals surface area (Å²) in [6, 6.07) is 6.89. The van der Waals surface area contributed by atoms with E-state index >= 15 is 0 Å². The number of likely N-dealkylation sites (N-methyl/N-ethyl adjacent to an activating group) is 1. The van der Waals surface area contributed by atoms with Crippen molar-refractivity contribution in [2.75, 3.05) is 20.1 Å². The van der Waals surface area contributed by atoms with Gasteiger partial charge in [-0.05, 0) is 44.1 Å². The molecule has 1 aliphatic heterocycles. The number of benzene rings is 1. The number of hydrogen-bond acceptors (Lipinski definition) is 2. The second kappa shape index (κ2) is 4.29. The minimum absolute atomic E-state index is 0.0969. The van der Waals surface area contributed by atoms with E-state index in [2.05, 4.69) is 10.6 Å². The van der Waals surface area contributed by atoms with E-state index < -0.39 is 0 Å². The lowest BCUT2D eigenvalue weighted by molar-refractivity contribution is 0.268. The van der Waals surface area contributed by atoms with Crippen molar-refractivity contribution in [3.05, 3.63) is 35.6 Å². The molecule has 82 valence electrons. The lowest BCUT2D eigenvalue weighted by Gasteiger charge is -2.38. The van der Waals surface area contributed by atoms with E-state index in [0.29, 0.717) is 0 Å². The summed E-state index contributed by atoms with van der Waals surface area (Å²) in [5.41, 5.74) is 0.942. The summed E-state index contributed by atoms with van der Waals surface area (Å²) in [4.78, 5) is 0. The van der Waals surface area contributed by atoms with Gasteiger partial charge in [-0.3, -0.25) is 0 Å². The smallest absolute Gasteiger partial charge is 0.123 e. The fourth-order valence-electron chi connectivity index (χ4n) is 2.30. The zero-order valence-corrected chi connectivity index (χ0v) is 9.02. The molecule has 15 heavy (non-hydrogen) atoms. The lowest BCUT2D eigenvalue weighted by atomic mass is 9.83. The maximum absolute atomic E-state index is 13.2. The average Bonchev–Trinajstić information content (AvgIpc) is 2.30. The van der Waals surface area contributed by atoms with Crippen LogP contribution in [0.3, 0.4) is 0 Å². The lowest BCUT2D eigenvalue weighted by Crippen LogP contribution is -2.51. The highest BCUT2D eigenvalue weighted by molar-refractivity contribution is 5.26. The van der Waals surface area contributed by atoms with Gasteiger partial charge in [0, 0.05) is 6.54 Å². The number of piperidine rings is 1. The van der Waals surface area contributed by atoms with Crippen molar-refractivity contribution in [3.63, 3.8) is 0 Å². The Labute approximate surface area is 89.9 Å². The largest absolute Gasteiger partial charge is 0.315 e. The van der Waals surface area contributed by atoms with Crippen molar-refractivity contribution in [2.24, 2.45) is 0 Å². The van der Waals surface area contributed by atoms with Crippen molar-refractivity contribution >= 4 is 0 Å². The first-order valence-electron chi connectivity index (χ1n) is 5.42. The van der Waals surface area contributed by atoms with E-state index in [1.54, 1.807) is 12.1 Å². The Hall–Kier alpha value is -0.930. The second-order valence-electron chi connectivity index (χ2n) is 4.12. The fourth-order valence-corrected chi connectivity index (χ4v) is 2.30. The Balaban J connectivity index is 2.32. The van der Waals surface area contributed by atoms with Crippen LogP contribution in [0.1, 0.15) is 18.4 Å². The van der Waals surface area contributed by atoms with Gasteiger partial charge in [-0.25, -0.2) is 4.39 Å². The van der Waals surface area contributed by atoms with Gasteiger partial charge >= 0.3 is 0 Å². The predicted molar refractivity (Wildman–Crippen MR) is 59.2 cm³/mol. The van der Waals surface area contributed by atoms with E-state index in [-0.39, 0.29) is 11.4 Å². The molecule has 1 heterocycles. The molecule has 0 aliphatic carbocycles. The average molecular weight is 208 g/mol. The van der Waals surface area contributed by atoms with Crippen LogP contribution in [0.4, 0.5) is 4.39 Å². The van der Waals surface area contributed by atoms with Gasteiger partial charge in [0.25, 0.3) is 0 Å². The quantitative estimate of drug-likeness (QED) is 0.772. The van der Waals surface area contributed by atoms with Gasteiger partial charge < -0.3 is 10.6 Å². The molecule has 3 heteroatoms. The molecule has 1 unspecified atom stereocenters. The maximum atomic E-state index is 13.2. The highest BCUT2D eigenvalue weighted by Gasteiger charge is 2.32. The number of hydrogen-bond donors (Lipinski definition) is 2. The van der Waals surface area contributed by atoms with E-state index in [9.17, 15) is 4.39 Å². The molecule has 1 fully saturated rings. The van der Waals surface area contributed by atoms with Gasteiger partial charge in [0.2, 0.25) is 0 Å². The molecule has 2 N–H and O–H groups in total. The van der Waals surface area contributed by atoms with Gasteiger partial charge in [0.1, 0.15) is 5.82 Å². The monoisotopic (exact) mass is 208 g/mol. The van der Waals surface area contributed by atoms with Crippen LogP contribution in [0.25, 0.3) is 0 Å². The summed E-state index contributed by atoms with van der Waals surface area (Å²) >= 11 is 0. The van der Waals surface area contributed by atoms with E-state index in [0.717, 1.165) is 31.5 Å². The Bertz CT molecular complexity index is 332. The van der Waals surface area contributed by atoms with Crippen molar-refractivity contribution < 1.29 is 4.39 Å². The van der Waals surface area contributed by atoms with Crippen LogP contribution in [-0.4, -0.2) is 20.1 Å². The SMILES string of the molecule is CNC1(c2cccc(F)c2)CCCNC1. The Kier molecular flexibility index (Phi) is 3.03. The Morgan fingerprint density at radius 2 is 2.33 bits per heavy atom. The van der Waals surface area contributed by atoms with Crippen LogP contribution in [0.15, 0.2) is 24.3 Å². The molecule has 1 aliphatic rings. The van der Waals surface area contributed by atoms with Crippen LogP contribution in [-0.2, 0) is 5.54 Å². The summed E-state index contributed by atoms with van der Waals surface area (Å²) in [5.74, 6) is -0.160. The standard InChI is InChI=1S/C12H17FN2/c1-14-12(6-3-7-15-9-12)10-4-2-5-11(13)8-10/h2,4-5,8,14-15H,3,6-7,9H2,1H3. The van der Waals surface area contributed by atoms with Gasteiger partial charge in [0.05, 0.1) is 5.54 Å². The predicted octanol–water partition coefficient (Wildman–Crippen LogP) is 1.62. The number of halogens is 1. The van der Waals surface area contributed by atoms with Crippen LogP contribution < -0.4 is 10.6 Å². The van der Waals surface area contributed by atoms with Gasteiger partial charge in [-0.15, -0.1) is 0 Å². The molecular formula is C12H17FN2. The van der Waals surface area contributed by atoms with Crippen molar-refractivity contribution in [1.29, 1.82) is 0 Å². The Morgan fingerprint density at radius 1 is 1.47 bits per heavy atom. The third-order valence-electron chi connectivity index (χ3n) is 3.24. The molecule has 2 nitrogen and oxygen atoms in total. The maximum Gasteiger partial charge on any atom is 0.123 e. The summed E-state index contributed by atoms with van der Waals surface area (Å²) in [6.45, 7) is 1.92. The first-order chi connectivity index (χ1) is 7.27. The molecule has 0 aromatic heterocycles. The first kappa shape index (κ1) is 10.6. The fraction of sp³-hybridized carbons (Fsp3) is 0.500. The molecule has 1 aromatic rings. The first-order valence-corrected chi connectivity index (χ1v) is 5.42. The molecule has 2 rings (SSSR count). The topological polar surface area (TPSA) is 24.1 Å². The second-order valence-corrected chi connectivity index (χ2v) is 4.12. The molecular weight excluding hydrogens is 191 g/mol. The normalized spacial score (nSPS) is 26.5. The van der Waals surface area contributed by atoms with E-state index in [1.165, 1.54) is 6.07 Å². The number of rotatable bonds is 2. The summed E-state index contributed by atoms with van der Waals surface area (Å²) in [7, 11) is 1.94. The third-order valence-corrected chi connectivity index (χ3v) is 3.24. The number of nitrogens with one attached hydrogen (secondary N) is 2. The molecule has 0 amide bonds. The minimum Gasteiger partial charge on any atom is -0.315 e. The third kappa shape index (κ3) is 2.03. The molecule has 0 spiro atoms. The summed E-state index contributed by atoms with van der Waals surface area (Å²) in [5, 5.41) is 6.69. The summed E-state index contributed by atoms with van der Waals surface area (Å²) in [6.07, 6.45) is 2.18. The van der Waals surface area contributed by atoms with Crippen molar-refractivity contribution in [1.82, 2.24) is 10.6 Å². The van der Waals surface area contributed by atoms with Crippen LogP contribution in [0.2, 0.25) is 0 Å². The zero-order valence-electron chi connectivity index (χ0n) is 9.02. The van der Waals surface area contributed by atoms with E-state index in [1.807, 2.05) is 13.1 Å². The van der Waals surface area contributed by atoms with Crippen molar-refractivity contribution in [2.45, 2.75) is 18.4 Å². The van der Waals surface area contributed by atoms with Crippen LogP contribution >= 0.6 is 0 Å². The zero-order chi connectivity index (χ0) is 10.7. The molecule has 1 saturated heterocycles. The van der Waals surface area contributed by atoms with Gasteiger partial charge in [-0.2, -0.15) is 0 Å². The molecule has 0 radical (unpaired) electrons. The molecule has 0 saturated carbocycles. The highest BCUT2D eigenvalue weighted by atomic mass is 19.1. The molecule has 1 atom stereocenters. The van der Waals surface area contributed by atoms with Gasteiger partial charge in [0.15, 0.2) is 0 Å².